The Labute approximate surface area is 112 Å². The lowest BCUT2D eigenvalue weighted by Gasteiger charge is -2.39. The minimum Gasteiger partial charge on any atom is -0.461 e. The van der Waals surface area contributed by atoms with E-state index in [2.05, 4.69) is 6.58 Å². The quantitative estimate of drug-likeness (QED) is 0.509. The average Bonchev–Trinajstić information content (AvgIpc) is 2.69. The lowest BCUT2D eigenvalue weighted by atomic mass is 9.73. The summed E-state index contributed by atoms with van der Waals surface area (Å²) in [4.78, 5) is 11.8. The van der Waals surface area contributed by atoms with E-state index in [1.54, 1.807) is 19.1 Å². The van der Waals surface area contributed by atoms with Crippen LogP contribution < -0.4 is 0 Å². The molecule has 4 heteroatoms. The van der Waals surface area contributed by atoms with Crippen LogP contribution in [0, 0.1) is 17.8 Å². The highest BCUT2D eigenvalue weighted by atomic mass is 16.6. The van der Waals surface area contributed by atoms with Gasteiger partial charge in [0.05, 0.1) is 17.4 Å². The van der Waals surface area contributed by atoms with Gasteiger partial charge in [-0.25, -0.2) is 0 Å². The zero-order chi connectivity index (χ0) is 14.0. The maximum atomic E-state index is 11.8. The Kier molecular flexibility index (Phi) is 2.51. The molecule has 1 saturated carbocycles. The van der Waals surface area contributed by atoms with Crippen LogP contribution in [0.5, 0.6) is 0 Å². The molecule has 0 aromatic rings. The molecule has 0 aromatic carbocycles. The minimum atomic E-state index is -1.27. The van der Waals surface area contributed by atoms with Crippen molar-refractivity contribution in [2.45, 2.75) is 44.0 Å². The van der Waals surface area contributed by atoms with Gasteiger partial charge in [-0.3, -0.25) is 4.79 Å². The number of hydrogen-bond donors (Lipinski definition) is 2. The van der Waals surface area contributed by atoms with Crippen LogP contribution in [0.3, 0.4) is 0 Å². The van der Waals surface area contributed by atoms with Crippen molar-refractivity contribution < 1.29 is 19.7 Å². The van der Waals surface area contributed by atoms with Gasteiger partial charge in [0.1, 0.15) is 11.7 Å². The highest BCUT2D eigenvalue weighted by Gasteiger charge is 2.61. The maximum Gasteiger partial charge on any atom is 0.309 e. The van der Waals surface area contributed by atoms with E-state index in [0.29, 0.717) is 12.0 Å². The van der Waals surface area contributed by atoms with E-state index in [0.717, 1.165) is 6.42 Å². The number of carbonyl (C=O) groups excluding carboxylic acids is 1. The standard InChI is InChI=1S/C15H20O4/c1-8-4-5-10-9(2)13(16)19-11(10)12-14(3,17)6-7-15(8,12)18/h6-7,9-12,17-18H,1,4-5H2,2-3H3/t9-,10-,11-,12-,14-,15-/m0/s1. The lowest BCUT2D eigenvalue weighted by Crippen LogP contribution is -2.51. The highest BCUT2D eigenvalue weighted by Crippen LogP contribution is 2.53. The first-order valence-corrected chi connectivity index (χ1v) is 6.81. The second-order valence-corrected chi connectivity index (χ2v) is 6.36. The summed E-state index contributed by atoms with van der Waals surface area (Å²) in [6.07, 6.45) is 4.17. The van der Waals surface area contributed by atoms with Crippen molar-refractivity contribution in [2.24, 2.45) is 17.8 Å². The summed E-state index contributed by atoms with van der Waals surface area (Å²) in [5, 5.41) is 21.4. The molecule has 0 bridgehead atoms. The predicted octanol–water partition coefficient (Wildman–Crippen LogP) is 1.18. The fraction of sp³-hybridized carbons (Fsp3) is 0.667. The number of ether oxygens (including phenoxy) is 1. The summed E-state index contributed by atoms with van der Waals surface area (Å²) in [6.45, 7) is 7.48. The molecule has 1 aliphatic heterocycles. The number of hydrogen-bond acceptors (Lipinski definition) is 4. The van der Waals surface area contributed by atoms with Crippen molar-refractivity contribution in [1.82, 2.24) is 0 Å². The van der Waals surface area contributed by atoms with E-state index in [1.165, 1.54) is 0 Å². The van der Waals surface area contributed by atoms with Crippen LogP contribution in [-0.4, -0.2) is 33.5 Å². The summed E-state index contributed by atoms with van der Waals surface area (Å²) >= 11 is 0. The van der Waals surface area contributed by atoms with E-state index in [-0.39, 0.29) is 17.8 Å². The molecule has 0 unspecified atom stereocenters. The van der Waals surface area contributed by atoms with Gasteiger partial charge in [-0.1, -0.05) is 19.6 Å². The van der Waals surface area contributed by atoms with Gasteiger partial charge in [-0.2, -0.15) is 0 Å². The van der Waals surface area contributed by atoms with E-state index >= 15 is 0 Å². The molecule has 4 nitrogen and oxygen atoms in total. The molecule has 0 amide bonds. The van der Waals surface area contributed by atoms with Crippen molar-refractivity contribution >= 4 is 5.97 Å². The van der Waals surface area contributed by atoms with Gasteiger partial charge in [0.2, 0.25) is 0 Å². The van der Waals surface area contributed by atoms with Crippen LogP contribution in [0.15, 0.2) is 24.3 Å². The Balaban J connectivity index is 2.08. The maximum absolute atomic E-state index is 11.8. The van der Waals surface area contributed by atoms with Gasteiger partial charge < -0.3 is 14.9 Å². The predicted molar refractivity (Wildman–Crippen MR) is 69.1 cm³/mol. The van der Waals surface area contributed by atoms with Gasteiger partial charge >= 0.3 is 5.97 Å². The molecule has 19 heavy (non-hydrogen) atoms. The third kappa shape index (κ3) is 1.56. The molecule has 104 valence electrons. The lowest BCUT2D eigenvalue weighted by molar-refractivity contribution is -0.153. The van der Waals surface area contributed by atoms with E-state index in [9.17, 15) is 15.0 Å². The molecule has 0 radical (unpaired) electrons. The van der Waals surface area contributed by atoms with Crippen LogP contribution in [-0.2, 0) is 9.53 Å². The van der Waals surface area contributed by atoms with Crippen LogP contribution >= 0.6 is 0 Å². The van der Waals surface area contributed by atoms with Crippen molar-refractivity contribution in [3.8, 4) is 0 Å². The Morgan fingerprint density at radius 1 is 1.42 bits per heavy atom. The largest absolute Gasteiger partial charge is 0.461 e. The van der Waals surface area contributed by atoms with Crippen LogP contribution in [0.2, 0.25) is 0 Å². The van der Waals surface area contributed by atoms with Crippen LogP contribution in [0.4, 0.5) is 0 Å². The normalized spacial score (nSPS) is 52.6. The van der Waals surface area contributed by atoms with E-state index in [4.69, 9.17) is 4.74 Å². The van der Waals surface area contributed by atoms with Gasteiger partial charge in [0, 0.05) is 5.92 Å². The Morgan fingerprint density at radius 2 is 2.11 bits per heavy atom. The van der Waals surface area contributed by atoms with Gasteiger partial charge in [0.25, 0.3) is 0 Å². The third-order valence-electron chi connectivity index (χ3n) is 5.14. The first kappa shape index (κ1) is 12.9. The SMILES string of the molecule is C=C1CC[C@@H]2[C@H](OC(=O)[C@H]2C)[C@H]2[C@@](C)(O)C=C[C@]12O. The first-order chi connectivity index (χ1) is 8.77. The number of esters is 1. The molecule has 0 aromatic heterocycles. The number of aliphatic hydroxyl groups is 2. The summed E-state index contributed by atoms with van der Waals surface area (Å²) in [6, 6.07) is 0. The third-order valence-corrected chi connectivity index (χ3v) is 5.14. The molecular weight excluding hydrogens is 244 g/mol. The average molecular weight is 264 g/mol. The molecule has 6 atom stereocenters. The highest BCUT2D eigenvalue weighted by molar-refractivity contribution is 5.75. The van der Waals surface area contributed by atoms with Crippen molar-refractivity contribution in [3.63, 3.8) is 0 Å². The zero-order valence-corrected chi connectivity index (χ0v) is 11.3. The molecule has 3 aliphatic rings. The minimum absolute atomic E-state index is 0.0367. The molecule has 1 heterocycles. The summed E-state index contributed by atoms with van der Waals surface area (Å²) < 4.78 is 5.48. The van der Waals surface area contributed by atoms with Gasteiger partial charge in [-0.05, 0) is 31.4 Å². The Bertz CT molecular complexity index is 479. The second-order valence-electron chi connectivity index (χ2n) is 6.36. The summed E-state index contributed by atoms with van der Waals surface area (Å²) in [5.41, 5.74) is -1.76. The fourth-order valence-electron chi connectivity index (χ4n) is 3.93. The Hall–Kier alpha value is -1.13. The topological polar surface area (TPSA) is 66.8 Å². The monoisotopic (exact) mass is 264 g/mol. The van der Waals surface area contributed by atoms with Crippen molar-refractivity contribution in [3.05, 3.63) is 24.3 Å². The van der Waals surface area contributed by atoms with Crippen LogP contribution in [0.25, 0.3) is 0 Å². The smallest absolute Gasteiger partial charge is 0.309 e. The molecule has 2 N–H and O–H groups in total. The second kappa shape index (κ2) is 3.70. The molecule has 1 saturated heterocycles. The van der Waals surface area contributed by atoms with E-state index in [1.807, 2.05) is 6.92 Å². The van der Waals surface area contributed by atoms with Crippen molar-refractivity contribution in [1.29, 1.82) is 0 Å². The molecule has 2 fully saturated rings. The van der Waals surface area contributed by atoms with Gasteiger partial charge in [0.15, 0.2) is 0 Å². The first-order valence-electron chi connectivity index (χ1n) is 6.81. The van der Waals surface area contributed by atoms with E-state index < -0.39 is 23.2 Å². The molecule has 0 spiro atoms. The molecular formula is C15H20O4. The Morgan fingerprint density at radius 3 is 2.79 bits per heavy atom. The van der Waals surface area contributed by atoms with Crippen LogP contribution in [0.1, 0.15) is 26.7 Å². The summed E-state index contributed by atoms with van der Waals surface area (Å²) in [5.74, 6) is -0.937. The molecule has 3 rings (SSSR count). The summed E-state index contributed by atoms with van der Waals surface area (Å²) in [7, 11) is 0. The number of carbonyl (C=O) groups is 1. The van der Waals surface area contributed by atoms with Crippen molar-refractivity contribution in [2.75, 3.05) is 0 Å². The zero-order valence-electron chi connectivity index (χ0n) is 11.3. The number of fused-ring (bicyclic) bond motifs is 3. The number of rotatable bonds is 0. The fourth-order valence-corrected chi connectivity index (χ4v) is 3.93. The van der Waals surface area contributed by atoms with Gasteiger partial charge in [-0.15, -0.1) is 0 Å². The molecule has 2 aliphatic carbocycles.